The van der Waals surface area contributed by atoms with Gasteiger partial charge in [-0.05, 0) is 42.5 Å². The number of carbonyl (C=O) groups is 1. The number of nitrogens with one attached hydrogen (secondary N) is 1. The van der Waals surface area contributed by atoms with Gasteiger partial charge in [-0.15, -0.1) is 10.2 Å². The summed E-state index contributed by atoms with van der Waals surface area (Å²) < 4.78 is 13.3. The Morgan fingerprint density at radius 3 is 2.73 bits per heavy atom. The molecular weight excluding hydrogens is 508 g/mol. The predicted octanol–water partition coefficient (Wildman–Crippen LogP) is 4.86. The summed E-state index contributed by atoms with van der Waals surface area (Å²) in [4.78, 5) is 12.6. The van der Waals surface area contributed by atoms with Gasteiger partial charge in [0, 0.05) is 21.9 Å². The first-order valence-electron chi connectivity index (χ1n) is 9.90. The van der Waals surface area contributed by atoms with Gasteiger partial charge in [0.15, 0.2) is 22.5 Å². The molecule has 0 saturated carbocycles. The third kappa shape index (κ3) is 4.53. The number of fused-ring (bicyclic) bond motifs is 1. The second-order valence-corrected chi connectivity index (χ2v) is 8.90. The lowest BCUT2D eigenvalue weighted by molar-refractivity contribution is -0.113. The predicted molar refractivity (Wildman–Crippen MR) is 128 cm³/mol. The smallest absolute Gasteiger partial charge is 0.234 e. The molecule has 0 aliphatic carbocycles. The molecule has 10 heteroatoms. The van der Waals surface area contributed by atoms with E-state index >= 15 is 0 Å². The lowest BCUT2D eigenvalue weighted by atomic mass is 10.2. The second-order valence-electron chi connectivity index (χ2n) is 7.04. The van der Waals surface area contributed by atoms with Gasteiger partial charge in [0.25, 0.3) is 0 Å². The zero-order valence-electron chi connectivity index (χ0n) is 17.1. The Bertz CT molecular complexity index is 1330. The molecule has 0 radical (unpaired) electrons. The number of anilines is 1. The summed E-state index contributed by atoms with van der Waals surface area (Å²) >= 11 is 4.69. The van der Waals surface area contributed by atoms with E-state index < -0.39 is 0 Å². The quantitative estimate of drug-likeness (QED) is 0.347. The van der Waals surface area contributed by atoms with E-state index in [1.165, 1.54) is 11.8 Å². The number of phenols is 1. The molecule has 4 aromatic rings. The summed E-state index contributed by atoms with van der Waals surface area (Å²) in [6.45, 7) is 0.174. The maximum Gasteiger partial charge on any atom is 0.234 e. The van der Waals surface area contributed by atoms with Gasteiger partial charge >= 0.3 is 0 Å². The van der Waals surface area contributed by atoms with Crippen LogP contribution in [-0.2, 0) is 4.79 Å². The van der Waals surface area contributed by atoms with Crippen molar-refractivity contribution < 1.29 is 19.4 Å². The summed E-state index contributed by atoms with van der Waals surface area (Å²) in [5, 5.41) is 22.4. The topological polar surface area (TPSA) is 98.5 Å². The van der Waals surface area contributed by atoms with Gasteiger partial charge in [-0.3, -0.25) is 9.36 Å². The van der Waals surface area contributed by atoms with E-state index in [2.05, 4.69) is 31.4 Å². The Hall–Kier alpha value is -3.50. The van der Waals surface area contributed by atoms with Gasteiger partial charge in [0.05, 0.1) is 11.3 Å². The Labute approximate surface area is 201 Å². The van der Waals surface area contributed by atoms with Crippen molar-refractivity contribution in [1.29, 1.82) is 0 Å². The second kappa shape index (κ2) is 9.16. The molecule has 33 heavy (non-hydrogen) atoms. The highest BCUT2D eigenvalue weighted by Gasteiger charge is 2.20. The Kier molecular flexibility index (Phi) is 5.93. The molecule has 166 valence electrons. The Morgan fingerprint density at radius 1 is 1.06 bits per heavy atom. The molecule has 0 atom stereocenters. The van der Waals surface area contributed by atoms with Crippen LogP contribution in [0.15, 0.2) is 76.4 Å². The number of halogens is 1. The number of phenolic OH excluding ortho intramolecular Hbond substituents is 1. The van der Waals surface area contributed by atoms with Crippen molar-refractivity contribution in [2.75, 3.05) is 17.9 Å². The Morgan fingerprint density at radius 2 is 1.88 bits per heavy atom. The van der Waals surface area contributed by atoms with Crippen LogP contribution in [0.3, 0.4) is 0 Å². The minimum Gasteiger partial charge on any atom is -0.507 e. The number of aromatic nitrogens is 3. The number of rotatable bonds is 6. The van der Waals surface area contributed by atoms with Crippen molar-refractivity contribution in [3.63, 3.8) is 0 Å². The fraction of sp³-hybridized carbons (Fsp3) is 0.0870. The Balaban J connectivity index is 1.39. The number of amides is 1. The molecule has 2 heterocycles. The van der Waals surface area contributed by atoms with Gasteiger partial charge in [0.2, 0.25) is 12.7 Å². The lowest BCUT2D eigenvalue weighted by Gasteiger charge is -2.11. The van der Waals surface area contributed by atoms with Crippen molar-refractivity contribution >= 4 is 39.3 Å². The zero-order chi connectivity index (χ0) is 22.8. The van der Waals surface area contributed by atoms with Crippen molar-refractivity contribution in [2.24, 2.45) is 0 Å². The van der Waals surface area contributed by atoms with E-state index in [-0.39, 0.29) is 24.2 Å². The van der Waals surface area contributed by atoms with Crippen molar-refractivity contribution in [1.82, 2.24) is 14.8 Å². The van der Waals surface area contributed by atoms with Crippen molar-refractivity contribution in [2.45, 2.75) is 5.16 Å². The fourth-order valence-electron chi connectivity index (χ4n) is 3.34. The lowest BCUT2D eigenvalue weighted by Crippen LogP contribution is -2.14. The van der Waals surface area contributed by atoms with E-state index in [4.69, 9.17) is 9.47 Å². The van der Waals surface area contributed by atoms with E-state index in [1.807, 2.05) is 34.9 Å². The normalized spacial score (nSPS) is 12.0. The molecule has 0 unspecified atom stereocenters. The van der Waals surface area contributed by atoms with E-state index in [9.17, 15) is 9.90 Å². The molecule has 5 rings (SSSR count). The van der Waals surface area contributed by atoms with Crippen LogP contribution in [0.4, 0.5) is 5.69 Å². The number of para-hydroxylation sites is 1. The van der Waals surface area contributed by atoms with Crippen LogP contribution in [0.2, 0.25) is 0 Å². The van der Waals surface area contributed by atoms with Crippen LogP contribution in [0.25, 0.3) is 17.1 Å². The molecular formula is C23H17BrN4O4S. The minimum atomic E-state index is -0.201. The summed E-state index contributed by atoms with van der Waals surface area (Å²) in [6, 6.07) is 19.9. The zero-order valence-corrected chi connectivity index (χ0v) is 19.5. The van der Waals surface area contributed by atoms with Crippen LogP contribution in [-0.4, -0.2) is 38.3 Å². The van der Waals surface area contributed by atoms with Crippen molar-refractivity contribution in [3.8, 4) is 34.3 Å². The largest absolute Gasteiger partial charge is 0.507 e. The van der Waals surface area contributed by atoms with Crippen LogP contribution in [0.5, 0.6) is 17.2 Å². The van der Waals surface area contributed by atoms with Crippen LogP contribution < -0.4 is 14.8 Å². The number of hydrogen-bond donors (Lipinski definition) is 2. The highest BCUT2D eigenvalue weighted by Crippen LogP contribution is 2.36. The monoisotopic (exact) mass is 524 g/mol. The van der Waals surface area contributed by atoms with Crippen LogP contribution in [0.1, 0.15) is 0 Å². The average Bonchev–Trinajstić information content (AvgIpc) is 3.46. The molecule has 0 saturated heterocycles. The first-order chi connectivity index (χ1) is 16.1. The molecule has 8 nitrogen and oxygen atoms in total. The van der Waals surface area contributed by atoms with Crippen LogP contribution in [0, 0.1) is 0 Å². The molecule has 1 amide bonds. The number of benzene rings is 3. The number of carbonyl (C=O) groups excluding carboxylic acids is 1. The molecule has 0 fully saturated rings. The molecule has 1 aliphatic rings. The molecule has 3 aromatic carbocycles. The summed E-state index contributed by atoms with van der Waals surface area (Å²) in [6.07, 6.45) is 0. The van der Waals surface area contributed by atoms with Gasteiger partial charge < -0.3 is 19.9 Å². The standard InChI is InChI=1S/C23H17BrN4O4S/c24-14-6-8-18(29)17(10-14)22-26-27-23(28(22)16-4-2-1-3-5-16)33-12-21(30)25-15-7-9-19-20(11-15)32-13-31-19/h1-11,29H,12-13H2,(H,25,30). The number of nitrogens with zero attached hydrogens (tertiary/aromatic N) is 3. The summed E-state index contributed by atoms with van der Waals surface area (Å²) in [5.41, 5.74) is 1.96. The third-order valence-corrected chi connectivity index (χ3v) is 6.26. The van der Waals surface area contributed by atoms with Gasteiger partial charge in [0.1, 0.15) is 5.75 Å². The summed E-state index contributed by atoms with van der Waals surface area (Å²) in [7, 11) is 0. The number of thioether (sulfide) groups is 1. The first kappa shape index (κ1) is 21.4. The average molecular weight is 525 g/mol. The van der Waals surface area contributed by atoms with Crippen molar-refractivity contribution in [3.05, 3.63) is 71.2 Å². The third-order valence-electron chi connectivity index (χ3n) is 4.84. The number of aromatic hydroxyl groups is 1. The van der Waals surface area contributed by atoms with E-state index in [1.54, 1.807) is 36.4 Å². The van der Waals surface area contributed by atoms with Gasteiger partial charge in [-0.2, -0.15) is 0 Å². The number of ether oxygens (including phenoxy) is 2. The minimum absolute atomic E-state index is 0.0832. The maximum absolute atomic E-state index is 12.6. The highest BCUT2D eigenvalue weighted by atomic mass is 79.9. The molecule has 0 spiro atoms. The molecule has 1 aromatic heterocycles. The molecule has 1 aliphatic heterocycles. The van der Waals surface area contributed by atoms with E-state index in [0.29, 0.717) is 33.7 Å². The molecule has 0 bridgehead atoms. The van der Waals surface area contributed by atoms with E-state index in [0.717, 1.165) is 10.2 Å². The number of hydrogen-bond acceptors (Lipinski definition) is 7. The SMILES string of the molecule is O=C(CSc1nnc(-c2cc(Br)ccc2O)n1-c1ccccc1)Nc1ccc2c(c1)OCO2. The van der Waals surface area contributed by atoms with Gasteiger partial charge in [-0.1, -0.05) is 45.9 Å². The molecule has 2 N–H and O–H groups in total. The fourth-order valence-corrected chi connectivity index (χ4v) is 4.45. The van der Waals surface area contributed by atoms with Crippen LogP contribution >= 0.6 is 27.7 Å². The summed E-state index contributed by atoms with van der Waals surface area (Å²) in [5.74, 6) is 1.72. The highest BCUT2D eigenvalue weighted by molar-refractivity contribution is 9.10. The van der Waals surface area contributed by atoms with Gasteiger partial charge in [-0.25, -0.2) is 0 Å². The first-order valence-corrected chi connectivity index (χ1v) is 11.7. The maximum atomic E-state index is 12.6.